The van der Waals surface area contributed by atoms with Crippen molar-refractivity contribution in [3.63, 3.8) is 0 Å². The normalized spacial score (nSPS) is 33.0. The predicted octanol–water partition coefficient (Wildman–Crippen LogP) is 2.61. The summed E-state index contributed by atoms with van der Waals surface area (Å²) in [4.78, 5) is 25.5. The van der Waals surface area contributed by atoms with Crippen molar-refractivity contribution in [2.24, 2.45) is 21.8 Å². The summed E-state index contributed by atoms with van der Waals surface area (Å²) >= 11 is 1.72. The van der Waals surface area contributed by atoms with Crippen molar-refractivity contribution in [2.75, 3.05) is 13.1 Å². The van der Waals surface area contributed by atoms with Gasteiger partial charge in [-0.15, -0.1) is 0 Å². The fourth-order valence-electron chi connectivity index (χ4n) is 4.12. The zero-order valence-corrected chi connectivity index (χ0v) is 15.2. The number of amides is 1. The molecule has 3 unspecified atom stereocenters. The maximum atomic E-state index is 12.7. The SMILES string of the molecule is CC1CCC2=C(C1)SC1=NC(C(C)N3CCC(O)CC3)=NC(=O)C12. The van der Waals surface area contributed by atoms with Crippen molar-refractivity contribution in [3.05, 3.63) is 10.5 Å². The molecule has 1 amide bonds. The van der Waals surface area contributed by atoms with Crippen LogP contribution in [0.1, 0.15) is 46.0 Å². The minimum atomic E-state index is -0.192. The Balaban J connectivity index is 1.53. The lowest BCUT2D eigenvalue weighted by Crippen LogP contribution is -2.46. The number of allylic oxidation sites excluding steroid dienone is 1. The predicted molar refractivity (Wildman–Crippen MR) is 97.3 cm³/mol. The molecule has 1 fully saturated rings. The molecule has 24 heavy (non-hydrogen) atoms. The number of aliphatic hydroxyl groups is 1. The van der Waals surface area contributed by atoms with Crippen molar-refractivity contribution in [2.45, 2.75) is 58.1 Å². The molecule has 5 nitrogen and oxygen atoms in total. The largest absolute Gasteiger partial charge is 0.393 e. The van der Waals surface area contributed by atoms with Crippen LogP contribution >= 0.6 is 11.8 Å². The summed E-state index contributed by atoms with van der Waals surface area (Å²) in [5.74, 6) is 1.15. The molecule has 0 aromatic rings. The number of thioether (sulfide) groups is 1. The van der Waals surface area contributed by atoms with Crippen LogP contribution in [-0.4, -0.2) is 52.0 Å². The van der Waals surface area contributed by atoms with E-state index in [-0.39, 0.29) is 24.0 Å². The number of carbonyl (C=O) groups is 1. The summed E-state index contributed by atoms with van der Waals surface area (Å²) in [5.41, 5.74) is 1.29. The number of fused-ring (bicyclic) bond motifs is 2. The highest BCUT2D eigenvalue weighted by Gasteiger charge is 2.42. The molecule has 1 saturated heterocycles. The average molecular weight is 347 g/mol. The van der Waals surface area contributed by atoms with Crippen molar-refractivity contribution >= 4 is 28.5 Å². The monoisotopic (exact) mass is 347 g/mol. The standard InChI is InChI=1S/C18H25N3O2S/c1-10-3-4-13-14(9-10)24-18-15(13)17(23)19-16(20-18)11(2)21-7-5-12(22)6-8-21/h10-12,15,22H,3-9H2,1-2H3. The molecule has 0 bridgehead atoms. The van der Waals surface area contributed by atoms with Crippen molar-refractivity contribution in [1.82, 2.24) is 4.90 Å². The van der Waals surface area contributed by atoms with Gasteiger partial charge in [-0.05, 0) is 55.4 Å². The Hall–Kier alpha value is -0.980. The van der Waals surface area contributed by atoms with Gasteiger partial charge in [0.05, 0.1) is 17.2 Å². The van der Waals surface area contributed by atoms with E-state index in [2.05, 4.69) is 23.7 Å². The van der Waals surface area contributed by atoms with Gasteiger partial charge in [-0.1, -0.05) is 18.7 Å². The van der Waals surface area contributed by atoms with E-state index in [1.807, 2.05) is 0 Å². The van der Waals surface area contributed by atoms with E-state index in [4.69, 9.17) is 4.99 Å². The van der Waals surface area contributed by atoms with Crippen LogP contribution in [-0.2, 0) is 4.79 Å². The van der Waals surface area contributed by atoms with Crippen molar-refractivity contribution in [3.8, 4) is 0 Å². The first kappa shape index (κ1) is 16.5. The van der Waals surface area contributed by atoms with Gasteiger partial charge in [0.25, 0.3) is 5.91 Å². The number of nitrogens with zero attached hydrogens (tertiary/aromatic N) is 3. The van der Waals surface area contributed by atoms with Gasteiger partial charge in [0.2, 0.25) is 0 Å². The van der Waals surface area contributed by atoms with Gasteiger partial charge in [0, 0.05) is 13.1 Å². The summed E-state index contributed by atoms with van der Waals surface area (Å²) in [6, 6.07) is 0.0343. The van der Waals surface area contributed by atoms with Crippen LogP contribution in [0, 0.1) is 11.8 Å². The van der Waals surface area contributed by atoms with E-state index in [1.165, 1.54) is 16.9 Å². The molecule has 0 aromatic carbocycles. The number of carbonyl (C=O) groups excluding carboxylic acids is 1. The number of aliphatic hydroxyl groups excluding tert-OH is 1. The number of piperidine rings is 1. The zero-order chi connectivity index (χ0) is 16.8. The topological polar surface area (TPSA) is 65.3 Å². The second-order valence-corrected chi connectivity index (χ2v) is 8.65. The third-order valence-corrected chi connectivity index (χ3v) is 6.95. The maximum absolute atomic E-state index is 12.7. The van der Waals surface area contributed by atoms with Gasteiger partial charge in [-0.25, -0.2) is 4.99 Å². The van der Waals surface area contributed by atoms with Gasteiger partial charge in [-0.2, -0.15) is 4.99 Å². The van der Waals surface area contributed by atoms with Crippen LogP contribution in [0.2, 0.25) is 0 Å². The van der Waals surface area contributed by atoms with Crippen LogP contribution in [0.4, 0.5) is 0 Å². The van der Waals surface area contributed by atoms with Crippen LogP contribution < -0.4 is 0 Å². The fourth-order valence-corrected chi connectivity index (χ4v) is 5.59. The summed E-state index contributed by atoms with van der Waals surface area (Å²) in [5, 5.41) is 10.6. The molecule has 0 aromatic heterocycles. The molecule has 1 aliphatic carbocycles. The van der Waals surface area contributed by atoms with E-state index < -0.39 is 0 Å². The van der Waals surface area contributed by atoms with Crippen LogP contribution in [0.25, 0.3) is 0 Å². The highest BCUT2D eigenvalue weighted by atomic mass is 32.2. The fraction of sp³-hybridized carbons (Fsp3) is 0.722. The summed E-state index contributed by atoms with van der Waals surface area (Å²) in [6.07, 6.45) is 4.64. The molecule has 0 saturated carbocycles. The summed E-state index contributed by atoms with van der Waals surface area (Å²) < 4.78 is 0. The first-order chi connectivity index (χ1) is 11.5. The first-order valence-corrected chi connectivity index (χ1v) is 9.87. The molecular formula is C18H25N3O2S. The molecule has 4 rings (SSSR count). The highest BCUT2D eigenvalue weighted by Crippen LogP contribution is 2.48. The number of aliphatic imine (C=N–C) groups is 2. The molecule has 0 spiro atoms. The lowest BCUT2D eigenvalue weighted by molar-refractivity contribution is -0.118. The molecule has 130 valence electrons. The van der Waals surface area contributed by atoms with Gasteiger partial charge in [-0.3, -0.25) is 9.69 Å². The third-order valence-electron chi connectivity index (χ3n) is 5.74. The van der Waals surface area contributed by atoms with Crippen LogP contribution in [0.5, 0.6) is 0 Å². The van der Waals surface area contributed by atoms with Crippen LogP contribution in [0.15, 0.2) is 20.5 Å². The second-order valence-electron chi connectivity index (χ2n) is 7.53. The minimum Gasteiger partial charge on any atom is -0.393 e. The van der Waals surface area contributed by atoms with Gasteiger partial charge in [0.15, 0.2) is 0 Å². The highest BCUT2D eigenvalue weighted by molar-refractivity contribution is 8.17. The number of hydrogen-bond acceptors (Lipinski definition) is 5. The summed E-state index contributed by atoms with van der Waals surface area (Å²) in [6.45, 7) is 6.03. The first-order valence-electron chi connectivity index (χ1n) is 9.06. The molecule has 3 heterocycles. The molecule has 0 radical (unpaired) electrons. The second kappa shape index (κ2) is 6.39. The lowest BCUT2D eigenvalue weighted by Gasteiger charge is -2.34. The number of amidine groups is 1. The summed E-state index contributed by atoms with van der Waals surface area (Å²) in [7, 11) is 0. The third kappa shape index (κ3) is 2.89. The minimum absolute atomic E-state index is 0.0223. The van der Waals surface area contributed by atoms with Crippen molar-refractivity contribution in [1.29, 1.82) is 0 Å². The molecular weight excluding hydrogens is 322 g/mol. The van der Waals surface area contributed by atoms with Crippen molar-refractivity contribution < 1.29 is 9.90 Å². The van der Waals surface area contributed by atoms with Crippen LogP contribution in [0.3, 0.4) is 0 Å². The average Bonchev–Trinajstić information content (AvgIpc) is 2.92. The quantitative estimate of drug-likeness (QED) is 0.834. The molecule has 1 N–H and O–H groups in total. The van der Waals surface area contributed by atoms with E-state index >= 15 is 0 Å². The molecule has 6 heteroatoms. The Morgan fingerprint density at radius 2 is 2.00 bits per heavy atom. The van der Waals surface area contributed by atoms with Gasteiger partial charge < -0.3 is 5.11 Å². The Labute approximate surface area is 147 Å². The molecule has 4 aliphatic rings. The Kier molecular flexibility index (Phi) is 4.39. The van der Waals surface area contributed by atoms with Gasteiger partial charge >= 0.3 is 0 Å². The smallest absolute Gasteiger partial charge is 0.261 e. The Bertz CT molecular complexity index is 647. The van der Waals surface area contributed by atoms with E-state index in [0.717, 1.165) is 43.8 Å². The number of likely N-dealkylation sites (tertiary alicyclic amines) is 1. The Morgan fingerprint density at radius 3 is 2.75 bits per heavy atom. The number of rotatable bonds is 2. The molecule has 3 atom stereocenters. The maximum Gasteiger partial charge on any atom is 0.261 e. The molecule has 3 aliphatic heterocycles. The Morgan fingerprint density at radius 1 is 1.25 bits per heavy atom. The zero-order valence-electron chi connectivity index (χ0n) is 14.4. The number of hydrogen-bond donors (Lipinski definition) is 1. The van der Waals surface area contributed by atoms with Gasteiger partial charge in [0.1, 0.15) is 11.8 Å². The van der Waals surface area contributed by atoms with E-state index in [9.17, 15) is 9.90 Å². The van der Waals surface area contributed by atoms with E-state index in [1.54, 1.807) is 11.8 Å². The van der Waals surface area contributed by atoms with E-state index in [0.29, 0.717) is 11.8 Å². The lowest BCUT2D eigenvalue weighted by atomic mass is 9.84.